The van der Waals surface area contributed by atoms with E-state index in [1.54, 1.807) is 0 Å². The normalized spacial score (nSPS) is 15.9. The molecule has 1 fully saturated rings. The van der Waals surface area contributed by atoms with E-state index < -0.39 is 28.8 Å². The third-order valence-corrected chi connectivity index (χ3v) is 6.26. The van der Waals surface area contributed by atoms with Crippen molar-refractivity contribution < 1.29 is 19.3 Å². The molecule has 0 aromatic heterocycles. The number of anilines is 1. The summed E-state index contributed by atoms with van der Waals surface area (Å²) in [6.07, 6.45) is 2.39. The number of nitro groups is 1. The van der Waals surface area contributed by atoms with Gasteiger partial charge in [-0.2, -0.15) is 0 Å². The smallest absolute Gasteiger partial charge is 0.269 e. The topological polar surface area (TPSA) is 204 Å². The first-order chi connectivity index (χ1) is 18.7. The van der Waals surface area contributed by atoms with Crippen LogP contribution in [-0.2, 0) is 20.8 Å². The number of carbonyl (C=O) groups is 3. The molecular formula is C26H34N8O5. The number of rotatable bonds is 13. The van der Waals surface area contributed by atoms with Crippen molar-refractivity contribution in [3.63, 3.8) is 0 Å². The molecular weight excluding hydrogens is 504 g/mol. The number of amides is 3. The number of hydrogen-bond acceptors (Lipinski definition) is 7. The predicted molar refractivity (Wildman–Crippen MR) is 146 cm³/mol. The number of nitrogens with zero attached hydrogens (tertiary/aromatic N) is 1. The molecule has 2 aromatic carbocycles. The fourth-order valence-electron chi connectivity index (χ4n) is 4.21. The Morgan fingerprint density at radius 1 is 1.05 bits per heavy atom. The quantitative estimate of drug-likeness (QED) is 0.0636. The Bertz CT molecular complexity index is 1150. The van der Waals surface area contributed by atoms with Crippen LogP contribution in [0, 0.1) is 15.5 Å². The lowest BCUT2D eigenvalue weighted by Crippen LogP contribution is -2.55. The Morgan fingerprint density at radius 2 is 1.77 bits per heavy atom. The summed E-state index contributed by atoms with van der Waals surface area (Å²) in [4.78, 5) is 49.8. The van der Waals surface area contributed by atoms with Crippen LogP contribution in [0.1, 0.15) is 31.2 Å². The SMILES string of the molecule is N=C(N)NCCC[C@H](NC(=O)[C@H](Cc1ccccc1)NC(=O)[C@@H]1CCCN1)C(=O)Nc1ccc([N+](=O)[O-])cc1. The van der Waals surface area contributed by atoms with Gasteiger partial charge >= 0.3 is 0 Å². The van der Waals surface area contributed by atoms with Crippen molar-refractivity contribution in [3.8, 4) is 0 Å². The van der Waals surface area contributed by atoms with Crippen LogP contribution in [0.2, 0.25) is 0 Å². The summed E-state index contributed by atoms with van der Waals surface area (Å²) >= 11 is 0. The van der Waals surface area contributed by atoms with Gasteiger partial charge in [0.1, 0.15) is 12.1 Å². The second-order valence-electron chi connectivity index (χ2n) is 9.24. The maximum atomic E-state index is 13.5. The number of hydrogen-bond donors (Lipinski definition) is 7. The Balaban J connectivity index is 1.74. The molecule has 2 aromatic rings. The van der Waals surface area contributed by atoms with Gasteiger partial charge in [-0.1, -0.05) is 30.3 Å². The molecule has 3 atom stereocenters. The number of non-ortho nitro benzene ring substituents is 1. The van der Waals surface area contributed by atoms with E-state index in [-0.39, 0.29) is 36.4 Å². The van der Waals surface area contributed by atoms with E-state index in [0.29, 0.717) is 25.1 Å². The third-order valence-electron chi connectivity index (χ3n) is 6.26. The Kier molecular flexibility index (Phi) is 10.7. The highest BCUT2D eigenvalue weighted by molar-refractivity contribution is 5.98. The zero-order chi connectivity index (χ0) is 28.2. The highest BCUT2D eigenvalue weighted by Crippen LogP contribution is 2.16. The first-order valence-corrected chi connectivity index (χ1v) is 12.7. The summed E-state index contributed by atoms with van der Waals surface area (Å²) in [5, 5.41) is 32.3. The van der Waals surface area contributed by atoms with Gasteiger partial charge in [0.2, 0.25) is 17.7 Å². The zero-order valence-electron chi connectivity index (χ0n) is 21.4. The van der Waals surface area contributed by atoms with Crippen molar-refractivity contribution in [2.45, 2.75) is 50.2 Å². The lowest BCUT2D eigenvalue weighted by molar-refractivity contribution is -0.384. The molecule has 13 heteroatoms. The van der Waals surface area contributed by atoms with Gasteiger partial charge in [0.25, 0.3) is 5.69 Å². The van der Waals surface area contributed by atoms with Crippen LogP contribution >= 0.6 is 0 Å². The predicted octanol–water partition coefficient (Wildman–Crippen LogP) is 0.761. The fraction of sp³-hybridized carbons (Fsp3) is 0.385. The summed E-state index contributed by atoms with van der Waals surface area (Å²) < 4.78 is 0. The van der Waals surface area contributed by atoms with Gasteiger partial charge in [-0.15, -0.1) is 0 Å². The maximum Gasteiger partial charge on any atom is 0.269 e. The highest BCUT2D eigenvalue weighted by atomic mass is 16.6. The number of nitrogens with two attached hydrogens (primary N) is 1. The second kappa shape index (κ2) is 14.4. The molecule has 0 saturated carbocycles. The molecule has 8 N–H and O–H groups in total. The van der Waals surface area contributed by atoms with Crippen molar-refractivity contribution in [2.75, 3.05) is 18.4 Å². The number of nitro benzene ring substituents is 1. The molecule has 1 saturated heterocycles. The Labute approximate surface area is 226 Å². The standard InChI is InChI=1S/C26H34N8O5/c27-26(28)30-15-5-9-21(24(36)31-18-10-12-19(13-11-18)34(38)39)32-25(37)22(16-17-6-2-1-3-7-17)33-23(35)20-8-4-14-29-20/h1-3,6-7,10-13,20-22,29H,4-5,8-9,14-16H2,(H,31,36)(H,32,37)(H,33,35)(H4,27,28,30)/t20-,21-,22-/m0/s1. The largest absolute Gasteiger partial charge is 0.370 e. The monoisotopic (exact) mass is 538 g/mol. The van der Waals surface area contributed by atoms with Gasteiger partial charge in [-0.3, -0.25) is 29.9 Å². The minimum atomic E-state index is -0.985. The van der Waals surface area contributed by atoms with E-state index in [9.17, 15) is 24.5 Å². The lowest BCUT2D eigenvalue weighted by Gasteiger charge is -2.24. The van der Waals surface area contributed by atoms with E-state index in [4.69, 9.17) is 11.1 Å². The average Bonchev–Trinajstić information content (AvgIpc) is 3.46. The van der Waals surface area contributed by atoms with Crippen molar-refractivity contribution in [2.24, 2.45) is 5.73 Å². The first-order valence-electron chi connectivity index (χ1n) is 12.7. The van der Waals surface area contributed by atoms with E-state index in [0.717, 1.165) is 18.5 Å². The van der Waals surface area contributed by atoms with Crippen LogP contribution < -0.4 is 32.3 Å². The van der Waals surface area contributed by atoms with E-state index >= 15 is 0 Å². The first kappa shape index (κ1) is 29.0. The van der Waals surface area contributed by atoms with Crippen LogP contribution in [-0.4, -0.2) is 59.8 Å². The molecule has 208 valence electrons. The van der Waals surface area contributed by atoms with Crippen molar-refractivity contribution in [3.05, 3.63) is 70.3 Å². The molecule has 39 heavy (non-hydrogen) atoms. The second-order valence-corrected chi connectivity index (χ2v) is 9.24. The van der Waals surface area contributed by atoms with Crippen molar-refractivity contribution in [1.29, 1.82) is 5.41 Å². The van der Waals surface area contributed by atoms with E-state index in [2.05, 4.69) is 26.6 Å². The summed E-state index contributed by atoms with van der Waals surface area (Å²) in [6.45, 7) is 1.04. The molecule has 1 heterocycles. The van der Waals surface area contributed by atoms with Crippen LogP contribution in [0.4, 0.5) is 11.4 Å². The molecule has 0 bridgehead atoms. The molecule has 0 spiro atoms. The molecule has 0 unspecified atom stereocenters. The van der Waals surface area contributed by atoms with E-state index in [1.165, 1.54) is 24.3 Å². The Hall–Kier alpha value is -4.52. The molecule has 0 aliphatic carbocycles. The number of nitrogens with one attached hydrogen (secondary N) is 6. The lowest BCUT2D eigenvalue weighted by atomic mass is 10.0. The number of benzene rings is 2. The zero-order valence-corrected chi connectivity index (χ0v) is 21.4. The summed E-state index contributed by atoms with van der Waals surface area (Å²) in [6, 6.07) is 12.3. The molecule has 1 aliphatic rings. The molecule has 3 amide bonds. The Morgan fingerprint density at radius 3 is 2.38 bits per heavy atom. The van der Waals surface area contributed by atoms with Gasteiger partial charge in [0.05, 0.1) is 11.0 Å². The van der Waals surface area contributed by atoms with Crippen molar-refractivity contribution >= 4 is 35.1 Å². The summed E-state index contributed by atoms with van der Waals surface area (Å²) in [5.74, 6) is -1.53. The van der Waals surface area contributed by atoms with Crippen LogP contribution in [0.3, 0.4) is 0 Å². The molecule has 3 rings (SSSR count). The third kappa shape index (κ3) is 9.38. The molecule has 1 aliphatic heterocycles. The van der Waals surface area contributed by atoms with Gasteiger partial charge in [0, 0.05) is 30.8 Å². The number of carbonyl (C=O) groups excluding carboxylic acids is 3. The van der Waals surface area contributed by atoms with Crippen LogP contribution in [0.15, 0.2) is 54.6 Å². The summed E-state index contributed by atoms with van der Waals surface area (Å²) in [7, 11) is 0. The molecule has 13 nitrogen and oxygen atoms in total. The minimum absolute atomic E-state index is 0.121. The van der Waals surface area contributed by atoms with Crippen LogP contribution in [0.5, 0.6) is 0 Å². The maximum absolute atomic E-state index is 13.5. The average molecular weight is 539 g/mol. The fourth-order valence-corrected chi connectivity index (χ4v) is 4.21. The van der Waals surface area contributed by atoms with Gasteiger partial charge in [0.15, 0.2) is 5.96 Å². The van der Waals surface area contributed by atoms with Crippen LogP contribution in [0.25, 0.3) is 0 Å². The van der Waals surface area contributed by atoms with E-state index in [1.807, 2.05) is 30.3 Å². The minimum Gasteiger partial charge on any atom is -0.370 e. The summed E-state index contributed by atoms with van der Waals surface area (Å²) in [5.41, 5.74) is 6.38. The van der Waals surface area contributed by atoms with Gasteiger partial charge in [-0.25, -0.2) is 0 Å². The highest BCUT2D eigenvalue weighted by Gasteiger charge is 2.30. The molecule has 0 radical (unpaired) electrons. The van der Waals surface area contributed by atoms with Gasteiger partial charge in [-0.05, 0) is 49.9 Å². The van der Waals surface area contributed by atoms with Gasteiger partial charge < -0.3 is 32.3 Å². The van der Waals surface area contributed by atoms with Crippen molar-refractivity contribution in [1.82, 2.24) is 21.3 Å². The number of guanidine groups is 1.